The van der Waals surface area contributed by atoms with E-state index in [2.05, 4.69) is 40.2 Å². The van der Waals surface area contributed by atoms with E-state index in [-0.39, 0.29) is 6.04 Å². The molecule has 0 aromatic carbocycles. The van der Waals surface area contributed by atoms with Gasteiger partial charge in [-0.2, -0.15) is 5.10 Å². The third-order valence-corrected chi connectivity index (χ3v) is 3.65. The van der Waals surface area contributed by atoms with Crippen molar-refractivity contribution in [3.63, 3.8) is 0 Å². The third-order valence-electron chi connectivity index (χ3n) is 3.00. The highest BCUT2D eigenvalue weighted by Gasteiger charge is 2.25. The first kappa shape index (κ1) is 14.1. The van der Waals surface area contributed by atoms with Crippen LogP contribution in [-0.2, 0) is 6.54 Å². The molecule has 1 unspecified atom stereocenters. The second-order valence-electron chi connectivity index (χ2n) is 4.05. The number of rotatable bonds is 6. The number of methoxy groups -OCH3 is 1. The first-order valence-electron chi connectivity index (χ1n) is 6.28. The number of nitrogens with zero attached hydrogens (tertiary/aromatic N) is 2. The fourth-order valence-electron chi connectivity index (χ4n) is 2.15. The molecular formula is C13H18BrN3O2. The van der Waals surface area contributed by atoms with E-state index in [4.69, 9.17) is 9.15 Å². The predicted molar refractivity (Wildman–Crippen MR) is 76.4 cm³/mol. The summed E-state index contributed by atoms with van der Waals surface area (Å²) >= 11 is 3.44. The van der Waals surface area contributed by atoms with Crippen molar-refractivity contribution in [2.24, 2.45) is 0 Å². The van der Waals surface area contributed by atoms with Gasteiger partial charge in [-0.3, -0.25) is 4.68 Å². The molecule has 2 rings (SSSR count). The average Bonchev–Trinajstić information content (AvgIpc) is 3.01. The zero-order valence-electron chi connectivity index (χ0n) is 11.3. The summed E-state index contributed by atoms with van der Waals surface area (Å²) in [4.78, 5) is 0. The summed E-state index contributed by atoms with van der Waals surface area (Å²) in [5, 5.41) is 7.80. The van der Waals surface area contributed by atoms with E-state index in [9.17, 15) is 0 Å². The van der Waals surface area contributed by atoms with Gasteiger partial charge in [0, 0.05) is 12.1 Å². The molecule has 0 aliphatic rings. The number of halogens is 1. The van der Waals surface area contributed by atoms with Crippen molar-refractivity contribution >= 4 is 15.9 Å². The molecule has 1 N–H and O–H groups in total. The van der Waals surface area contributed by atoms with E-state index in [0.29, 0.717) is 0 Å². The molecule has 5 nitrogen and oxygen atoms in total. The highest BCUT2D eigenvalue weighted by Crippen LogP contribution is 2.34. The lowest BCUT2D eigenvalue weighted by Crippen LogP contribution is -2.25. The van der Waals surface area contributed by atoms with Crippen molar-refractivity contribution in [2.45, 2.75) is 26.4 Å². The molecule has 0 radical (unpaired) electrons. The van der Waals surface area contributed by atoms with Crippen molar-refractivity contribution in [1.82, 2.24) is 15.1 Å². The van der Waals surface area contributed by atoms with Crippen LogP contribution in [0.5, 0.6) is 5.75 Å². The SMILES string of the molecule is CCNC(c1ccoc1Br)c1c(OC)cnn1CC. The van der Waals surface area contributed by atoms with Gasteiger partial charge in [0.2, 0.25) is 0 Å². The lowest BCUT2D eigenvalue weighted by Gasteiger charge is -2.19. The Kier molecular flexibility index (Phi) is 4.66. The zero-order chi connectivity index (χ0) is 13.8. The summed E-state index contributed by atoms with van der Waals surface area (Å²) in [6.07, 6.45) is 3.42. The Morgan fingerprint density at radius 3 is 2.84 bits per heavy atom. The number of ether oxygens (including phenoxy) is 1. The minimum absolute atomic E-state index is 0.0180. The van der Waals surface area contributed by atoms with Crippen LogP contribution in [0.25, 0.3) is 0 Å². The number of hydrogen-bond acceptors (Lipinski definition) is 4. The van der Waals surface area contributed by atoms with Gasteiger partial charge in [0.1, 0.15) is 5.69 Å². The molecule has 2 heterocycles. The molecule has 0 saturated heterocycles. The number of hydrogen-bond donors (Lipinski definition) is 1. The monoisotopic (exact) mass is 327 g/mol. The van der Waals surface area contributed by atoms with Crippen LogP contribution in [0.1, 0.15) is 31.1 Å². The van der Waals surface area contributed by atoms with Crippen molar-refractivity contribution in [2.75, 3.05) is 13.7 Å². The van der Waals surface area contributed by atoms with Gasteiger partial charge in [0.15, 0.2) is 10.4 Å². The quantitative estimate of drug-likeness (QED) is 0.886. The van der Waals surface area contributed by atoms with Crippen molar-refractivity contribution in [3.05, 3.63) is 34.5 Å². The normalized spacial score (nSPS) is 12.6. The first-order valence-corrected chi connectivity index (χ1v) is 7.08. The molecule has 0 saturated carbocycles. The Morgan fingerprint density at radius 2 is 2.32 bits per heavy atom. The van der Waals surface area contributed by atoms with Crippen LogP contribution in [-0.4, -0.2) is 23.4 Å². The Bertz CT molecular complexity index is 514. The van der Waals surface area contributed by atoms with Gasteiger partial charge < -0.3 is 14.5 Å². The summed E-state index contributed by atoms with van der Waals surface area (Å²) < 4.78 is 13.4. The van der Waals surface area contributed by atoms with Gasteiger partial charge in [0.25, 0.3) is 0 Å². The van der Waals surface area contributed by atoms with Gasteiger partial charge in [0.05, 0.1) is 25.6 Å². The summed E-state index contributed by atoms with van der Waals surface area (Å²) in [6.45, 7) is 5.75. The average molecular weight is 328 g/mol. The zero-order valence-corrected chi connectivity index (χ0v) is 12.9. The Morgan fingerprint density at radius 1 is 1.53 bits per heavy atom. The number of furan rings is 1. The summed E-state index contributed by atoms with van der Waals surface area (Å²) in [6, 6.07) is 1.93. The molecule has 0 amide bonds. The summed E-state index contributed by atoms with van der Waals surface area (Å²) in [7, 11) is 1.66. The van der Waals surface area contributed by atoms with Crippen LogP contribution in [0.2, 0.25) is 0 Å². The van der Waals surface area contributed by atoms with Gasteiger partial charge in [-0.1, -0.05) is 6.92 Å². The van der Waals surface area contributed by atoms with Crippen LogP contribution in [0.3, 0.4) is 0 Å². The Balaban J connectivity index is 2.50. The molecule has 6 heteroatoms. The fraction of sp³-hybridized carbons (Fsp3) is 0.462. The van der Waals surface area contributed by atoms with Gasteiger partial charge in [-0.05, 0) is 35.5 Å². The molecular weight excluding hydrogens is 310 g/mol. The minimum Gasteiger partial charge on any atom is -0.493 e. The molecule has 2 aromatic rings. The fourth-order valence-corrected chi connectivity index (χ4v) is 2.62. The number of aromatic nitrogens is 2. The molecule has 104 valence electrons. The molecule has 1 atom stereocenters. The van der Waals surface area contributed by atoms with Crippen LogP contribution in [0, 0.1) is 0 Å². The van der Waals surface area contributed by atoms with E-state index in [1.165, 1.54) is 0 Å². The molecule has 0 aliphatic heterocycles. The van der Waals surface area contributed by atoms with Gasteiger partial charge in [-0.15, -0.1) is 0 Å². The molecule has 19 heavy (non-hydrogen) atoms. The smallest absolute Gasteiger partial charge is 0.174 e. The predicted octanol–water partition coefficient (Wildman–Crippen LogP) is 2.97. The molecule has 2 aromatic heterocycles. The topological polar surface area (TPSA) is 52.2 Å². The summed E-state index contributed by atoms with van der Waals surface area (Å²) in [5.41, 5.74) is 2.05. The Labute approximate surface area is 121 Å². The lowest BCUT2D eigenvalue weighted by molar-refractivity contribution is 0.399. The minimum atomic E-state index is -0.0180. The molecule has 0 spiro atoms. The highest BCUT2D eigenvalue weighted by atomic mass is 79.9. The van der Waals surface area contributed by atoms with Gasteiger partial charge in [-0.25, -0.2) is 0 Å². The maximum atomic E-state index is 5.42. The van der Waals surface area contributed by atoms with E-state index < -0.39 is 0 Å². The van der Waals surface area contributed by atoms with Crippen molar-refractivity contribution < 1.29 is 9.15 Å². The number of nitrogens with one attached hydrogen (secondary N) is 1. The van der Waals surface area contributed by atoms with Crippen molar-refractivity contribution in [3.8, 4) is 5.75 Å². The van der Waals surface area contributed by atoms with E-state index in [1.54, 1.807) is 19.6 Å². The first-order chi connectivity index (χ1) is 9.22. The molecule has 0 fully saturated rings. The number of aryl methyl sites for hydroxylation is 1. The maximum absolute atomic E-state index is 5.42. The van der Waals surface area contributed by atoms with E-state index in [1.807, 2.05) is 10.7 Å². The Hall–Kier alpha value is -1.27. The standard InChI is InChI=1S/C13H18BrN3O2/c1-4-15-11(9-6-7-19-13(9)14)12-10(18-3)8-16-17(12)5-2/h6-8,11,15H,4-5H2,1-3H3. The highest BCUT2D eigenvalue weighted by molar-refractivity contribution is 9.10. The second-order valence-corrected chi connectivity index (χ2v) is 4.77. The molecule has 0 bridgehead atoms. The second kappa shape index (κ2) is 6.25. The van der Waals surface area contributed by atoms with Crippen LogP contribution in [0.15, 0.2) is 27.6 Å². The summed E-state index contributed by atoms with van der Waals surface area (Å²) in [5.74, 6) is 0.779. The van der Waals surface area contributed by atoms with E-state index in [0.717, 1.165) is 34.8 Å². The lowest BCUT2D eigenvalue weighted by atomic mass is 10.1. The largest absolute Gasteiger partial charge is 0.493 e. The van der Waals surface area contributed by atoms with Crippen LogP contribution in [0.4, 0.5) is 0 Å². The van der Waals surface area contributed by atoms with Crippen molar-refractivity contribution in [1.29, 1.82) is 0 Å². The third kappa shape index (κ3) is 2.69. The van der Waals surface area contributed by atoms with E-state index >= 15 is 0 Å². The van der Waals surface area contributed by atoms with Crippen LogP contribution < -0.4 is 10.1 Å². The van der Waals surface area contributed by atoms with Gasteiger partial charge >= 0.3 is 0 Å². The molecule has 0 aliphatic carbocycles. The van der Waals surface area contributed by atoms with Crippen LogP contribution >= 0.6 is 15.9 Å². The maximum Gasteiger partial charge on any atom is 0.174 e.